The van der Waals surface area contributed by atoms with Crippen LogP contribution in [0.4, 0.5) is 0 Å². The maximum atomic E-state index is 11.8. The molecule has 18 heavy (non-hydrogen) atoms. The molecule has 1 unspecified atom stereocenters. The number of esters is 1. The zero-order chi connectivity index (χ0) is 13.1. The van der Waals surface area contributed by atoms with E-state index in [1.807, 2.05) is 0 Å². The molecule has 0 aliphatic heterocycles. The van der Waals surface area contributed by atoms with Gasteiger partial charge in [-0.1, -0.05) is 13.8 Å². The van der Waals surface area contributed by atoms with Crippen LogP contribution in [0.25, 0.3) is 0 Å². The predicted molar refractivity (Wildman–Crippen MR) is 71.4 cm³/mol. The van der Waals surface area contributed by atoms with Gasteiger partial charge in [0, 0.05) is 25.2 Å². The van der Waals surface area contributed by atoms with E-state index in [1.54, 1.807) is 0 Å². The van der Waals surface area contributed by atoms with Crippen LogP contribution in [0.2, 0.25) is 0 Å². The number of ether oxygens (including phenoxy) is 1. The van der Waals surface area contributed by atoms with Crippen LogP contribution in [0.5, 0.6) is 0 Å². The Morgan fingerprint density at radius 2 is 1.94 bits per heavy atom. The van der Waals surface area contributed by atoms with Crippen molar-refractivity contribution in [2.24, 2.45) is 5.92 Å². The molecule has 2 aliphatic carbocycles. The first-order valence-electron chi connectivity index (χ1n) is 7.18. The maximum absolute atomic E-state index is 11.8. The van der Waals surface area contributed by atoms with Gasteiger partial charge in [0.05, 0.1) is 7.11 Å². The normalized spacial score (nSPS) is 21.4. The van der Waals surface area contributed by atoms with E-state index in [9.17, 15) is 4.79 Å². The number of carbonyl (C=O) groups excluding carboxylic acids is 1. The minimum atomic E-state index is -0.151. The van der Waals surface area contributed by atoms with E-state index in [-0.39, 0.29) is 12.0 Å². The van der Waals surface area contributed by atoms with Crippen molar-refractivity contribution in [1.82, 2.24) is 10.2 Å². The zero-order valence-corrected chi connectivity index (χ0v) is 11.8. The number of nitrogens with zero attached hydrogens (tertiary/aromatic N) is 1. The highest BCUT2D eigenvalue weighted by atomic mass is 16.5. The number of nitrogens with one attached hydrogen (secondary N) is 1. The second-order valence-corrected chi connectivity index (χ2v) is 6.10. The molecular weight excluding hydrogens is 228 g/mol. The van der Waals surface area contributed by atoms with E-state index in [4.69, 9.17) is 4.74 Å². The van der Waals surface area contributed by atoms with Crippen molar-refractivity contribution < 1.29 is 9.53 Å². The van der Waals surface area contributed by atoms with Gasteiger partial charge in [0.25, 0.3) is 0 Å². The second kappa shape index (κ2) is 6.02. The topological polar surface area (TPSA) is 41.6 Å². The first kappa shape index (κ1) is 13.8. The minimum Gasteiger partial charge on any atom is -0.468 e. The van der Waals surface area contributed by atoms with Gasteiger partial charge >= 0.3 is 5.97 Å². The summed E-state index contributed by atoms with van der Waals surface area (Å²) in [4.78, 5) is 14.3. The molecule has 4 heteroatoms. The van der Waals surface area contributed by atoms with Gasteiger partial charge in [0.15, 0.2) is 0 Å². The largest absolute Gasteiger partial charge is 0.468 e. The molecule has 0 amide bonds. The van der Waals surface area contributed by atoms with E-state index in [0.29, 0.717) is 18.0 Å². The summed E-state index contributed by atoms with van der Waals surface area (Å²) < 4.78 is 4.92. The lowest BCUT2D eigenvalue weighted by atomic mass is 10.1. The van der Waals surface area contributed by atoms with Gasteiger partial charge in [0.2, 0.25) is 0 Å². The van der Waals surface area contributed by atoms with E-state index >= 15 is 0 Å². The highest BCUT2D eigenvalue weighted by molar-refractivity contribution is 5.76. The lowest BCUT2D eigenvalue weighted by Gasteiger charge is -2.28. The van der Waals surface area contributed by atoms with Crippen molar-refractivity contribution in [1.29, 1.82) is 0 Å². The molecule has 0 heterocycles. The van der Waals surface area contributed by atoms with Gasteiger partial charge in [-0.3, -0.25) is 9.69 Å². The first-order chi connectivity index (χ1) is 8.60. The smallest absolute Gasteiger partial charge is 0.324 e. The molecule has 0 bridgehead atoms. The second-order valence-electron chi connectivity index (χ2n) is 6.10. The van der Waals surface area contributed by atoms with E-state index in [1.165, 1.54) is 32.8 Å². The Balaban J connectivity index is 1.88. The molecule has 104 valence electrons. The predicted octanol–water partition coefficient (Wildman–Crippen LogP) is 1.40. The van der Waals surface area contributed by atoms with Crippen molar-refractivity contribution in [3.05, 3.63) is 0 Å². The molecule has 0 aromatic rings. The van der Waals surface area contributed by atoms with Gasteiger partial charge in [-0.15, -0.1) is 0 Å². The van der Waals surface area contributed by atoms with E-state index in [0.717, 1.165) is 13.1 Å². The van der Waals surface area contributed by atoms with Crippen LogP contribution in [0.15, 0.2) is 0 Å². The summed E-state index contributed by atoms with van der Waals surface area (Å²) in [6, 6.07) is 1.08. The summed E-state index contributed by atoms with van der Waals surface area (Å²) in [6.07, 6.45) is 4.95. The molecule has 1 N–H and O–H groups in total. The summed E-state index contributed by atoms with van der Waals surface area (Å²) >= 11 is 0. The number of carbonyl (C=O) groups is 1. The molecule has 2 aliphatic rings. The van der Waals surface area contributed by atoms with Gasteiger partial charge < -0.3 is 10.1 Å². The fourth-order valence-electron chi connectivity index (χ4n) is 2.39. The third kappa shape index (κ3) is 4.25. The quantitative estimate of drug-likeness (QED) is 0.665. The molecule has 0 aromatic carbocycles. The van der Waals surface area contributed by atoms with Crippen LogP contribution in [0.3, 0.4) is 0 Å². The van der Waals surface area contributed by atoms with Gasteiger partial charge in [-0.2, -0.15) is 0 Å². The Morgan fingerprint density at radius 3 is 2.39 bits per heavy atom. The fraction of sp³-hybridized carbons (Fsp3) is 0.929. The molecule has 2 saturated carbocycles. The summed E-state index contributed by atoms with van der Waals surface area (Å²) in [6.45, 7) is 6.34. The summed E-state index contributed by atoms with van der Waals surface area (Å²) in [5.41, 5.74) is 0. The van der Waals surface area contributed by atoms with Crippen LogP contribution in [0.1, 0.15) is 39.5 Å². The van der Waals surface area contributed by atoms with Gasteiger partial charge in [-0.25, -0.2) is 0 Å². The molecular formula is C14H26N2O2. The number of hydrogen-bond acceptors (Lipinski definition) is 4. The van der Waals surface area contributed by atoms with Crippen LogP contribution in [-0.2, 0) is 9.53 Å². The minimum absolute atomic E-state index is 0.115. The van der Waals surface area contributed by atoms with Crippen molar-refractivity contribution in [3.8, 4) is 0 Å². The molecule has 0 radical (unpaired) electrons. The lowest BCUT2D eigenvalue weighted by Crippen LogP contribution is -2.49. The van der Waals surface area contributed by atoms with Crippen molar-refractivity contribution >= 4 is 5.97 Å². The number of methoxy groups -OCH3 is 1. The SMILES string of the molecule is COC(=O)C(CN(CC(C)C)C1CC1)NC1CC1. The van der Waals surface area contributed by atoms with E-state index in [2.05, 4.69) is 24.1 Å². The third-order valence-corrected chi connectivity index (χ3v) is 3.58. The molecule has 4 nitrogen and oxygen atoms in total. The Labute approximate surface area is 110 Å². The molecule has 2 rings (SSSR count). The summed E-state index contributed by atoms with van der Waals surface area (Å²) in [7, 11) is 1.48. The zero-order valence-electron chi connectivity index (χ0n) is 11.8. The Morgan fingerprint density at radius 1 is 1.28 bits per heavy atom. The van der Waals surface area contributed by atoms with Gasteiger partial charge in [-0.05, 0) is 31.6 Å². The van der Waals surface area contributed by atoms with Crippen molar-refractivity contribution in [2.45, 2.75) is 57.7 Å². The van der Waals surface area contributed by atoms with Crippen molar-refractivity contribution in [2.75, 3.05) is 20.2 Å². The number of hydrogen-bond donors (Lipinski definition) is 1. The monoisotopic (exact) mass is 254 g/mol. The first-order valence-corrected chi connectivity index (χ1v) is 7.18. The summed E-state index contributed by atoms with van der Waals surface area (Å²) in [5, 5.41) is 3.41. The van der Waals surface area contributed by atoms with E-state index < -0.39 is 0 Å². The Bertz CT molecular complexity index is 286. The Kier molecular flexibility index (Phi) is 4.62. The van der Waals surface area contributed by atoms with Crippen LogP contribution >= 0.6 is 0 Å². The average molecular weight is 254 g/mol. The van der Waals surface area contributed by atoms with Crippen LogP contribution < -0.4 is 5.32 Å². The van der Waals surface area contributed by atoms with Crippen LogP contribution in [-0.4, -0.2) is 49.2 Å². The molecule has 0 saturated heterocycles. The summed E-state index contributed by atoms with van der Waals surface area (Å²) in [5.74, 6) is 0.529. The third-order valence-electron chi connectivity index (χ3n) is 3.58. The number of rotatable bonds is 8. The lowest BCUT2D eigenvalue weighted by molar-refractivity contribution is -0.143. The molecule has 2 fully saturated rings. The highest BCUT2D eigenvalue weighted by Crippen LogP contribution is 2.28. The van der Waals surface area contributed by atoms with Crippen LogP contribution in [0, 0.1) is 5.92 Å². The molecule has 0 spiro atoms. The van der Waals surface area contributed by atoms with Crippen molar-refractivity contribution in [3.63, 3.8) is 0 Å². The standard InChI is InChI=1S/C14H26N2O2/c1-10(2)8-16(12-6-7-12)9-13(14(17)18-3)15-11-4-5-11/h10-13,15H,4-9H2,1-3H3. The van der Waals surface area contributed by atoms with Gasteiger partial charge in [0.1, 0.15) is 6.04 Å². The fourth-order valence-corrected chi connectivity index (χ4v) is 2.39. The Hall–Kier alpha value is -0.610. The maximum Gasteiger partial charge on any atom is 0.324 e. The average Bonchev–Trinajstić information content (AvgIpc) is 3.16. The highest BCUT2D eigenvalue weighted by Gasteiger charge is 2.35. The molecule has 1 atom stereocenters. The molecule has 0 aromatic heterocycles.